The average molecular weight is 252 g/mol. The summed E-state index contributed by atoms with van der Waals surface area (Å²) >= 11 is 0. The van der Waals surface area contributed by atoms with Crippen molar-refractivity contribution in [3.8, 4) is 11.1 Å². The Morgan fingerprint density at radius 2 is 2.00 bits per heavy atom. The van der Waals surface area contributed by atoms with Gasteiger partial charge in [-0.3, -0.25) is 0 Å². The molecule has 1 aromatic heterocycles. The molecule has 0 saturated heterocycles. The molecule has 0 atom stereocenters. The highest BCUT2D eigenvalue weighted by atomic mass is 14.9. The molecule has 0 amide bonds. The maximum absolute atomic E-state index is 4.09. The molecule has 1 aliphatic carbocycles. The maximum atomic E-state index is 4.09. The topological polar surface area (TPSA) is 37.8 Å². The van der Waals surface area contributed by atoms with Crippen molar-refractivity contribution in [3.05, 3.63) is 48.5 Å². The van der Waals surface area contributed by atoms with Crippen LogP contribution in [-0.2, 0) is 6.54 Å². The Kier molecular flexibility index (Phi) is 3.84. The minimum atomic E-state index is 0.675. The zero-order valence-electron chi connectivity index (χ0n) is 11.0. The molecule has 1 aromatic carbocycles. The molecule has 3 heteroatoms. The van der Waals surface area contributed by atoms with Crippen LogP contribution in [0.15, 0.2) is 36.9 Å². The Morgan fingerprint density at radius 1 is 1.21 bits per heavy atom. The summed E-state index contributed by atoms with van der Waals surface area (Å²) in [4.78, 5) is 8.19. The molecular formula is C16H18N3. The summed E-state index contributed by atoms with van der Waals surface area (Å²) in [5, 5.41) is 3.64. The lowest BCUT2D eigenvalue weighted by Crippen LogP contribution is -2.25. The molecule has 19 heavy (non-hydrogen) atoms. The highest BCUT2D eigenvalue weighted by Gasteiger charge is 2.14. The zero-order valence-corrected chi connectivity index (χ0v) is 11.0. The quantitative estimate of drug-likeness (QED) is 0.909. The van der Waals surface area contributed by atoms with Gasteiger partial charge in [0.15, 0.2) is 0 Å². The third kappa shape index (κ3) is 2.99. The van der Waals surface area contributed by atoms with Crippen LogP contribution in [0.3, 0.4) is 0 Å². The SMILES string of the molecule is [c]1cccc(-c2cncnc2)c1CNC1CCCC1. The van der Waals surface area contributed by atoms with Gasteiger partial charge < -0.3 is 5.32 Å². The van der Waals surface area contributed by atoms with Gasteiger partial charge in [-0.15, -0.1) is 0 Å². The molecule has 0 aliphatic heterocycles. The molecule has 1 fully saturated rings. The number of rotatable bonds is 4. The Morgan fingerprint density at radius 3 is 2.79 bits per heavy atom. The van der Waals surface area contributed by atoms with Crippen LogP contribution < -0.4 is 5.32 Å². The van der Waals surface area contributed by atoms with Crippen molar-refractivity contribution in [1.82, 2.24) is 15.3 Å². The molecule has 1 saturated carbocycles. The molecule has 97 valence electrons. The number of aromatic nitrogens is 2. The molecule has 3 rings (SSSR count). The van der Waals surface area contributed by atoms with Crippen LogP contribution in [0.1, 0.15) is 31.2 Å². The Labute approximate surface area is 114 Å². The zero-order chi connectivity index (χ0) is 12.9. The van der Waals surface area contributed by atoms with Crippen molar-refractivity contribution in [1.29, 1.82) is 0 Å². The standard InChI is InChI=1S/C16H18N3/c1-4-8-16(14-9-17-12-18-10-14)13(5-1)11-19-15-6-2-3-7-15/h1,4,8-10,12,15,19H,2-3,6-7,11H2. The van der Waals surface area contributed by atoms with Crippen LogP contribution in [0.5, 0.6) is 0 Å². The van der Waals surface area contributed by atoms with E-state index in [1.54, 1.807) is 6.33 Å². The minimum absolute atomic E-state index is 0.675. The third-order valence-electron chi connectivity index (χ3n) is 3.74. The molecule has 1 heterocycles. The van der Waals surface area contributed by atoms with Crippen molar-refractivity contribution in [2.24, 2.45) is 0 Å². The van der Waals surface area contributed by atoms with E-state index in [0.29, 0.717) is 6.04 Å². The van der Waals surface area contributed by atoms with E-state index >= 15 is 0 Å². The van der Waals surface area contributed by atoms with Gasteiger partial charge in [-0.2, -0.15) is 0 Å². The average Bonchev–Trinajstić information content (AvgIpc) is 3.00. The summed E-state index contributed by atoms with van der Waals surface area (Å²) in [5.74, 6) is 0. The number of benzene rings is 1. The van der Waals surface area contributed by atoms with Crippen LogP contribution in [0.2, 0.25) is 0 Å². The fourth-order valence-corrected chi connectivity index (χ4v) is 2.70. The molecule has 3 nitrogen and oxygen atoms in total. The van der Waals surface area contributed by atoms with Gasteiger partial charge in [0.2, 0.25) is 0 Å². The lowest BCUT2D eigenvalue weighted by molar-refractivity contribution is 0.524. The molecule has 0 unspecified atom stereocenters. The van der Waals surface area contributed by atoms with E-state index in [1.807, 2.05) is 24.5 Å². The van der Waals surface area contributed by atoms with Crippen LogP contribution in [-0.4, -0.2) is 16.0 Å². The van der Waals surface area contributed by atoms with Crippen molar-refractivity contribution in [2.45, 2.75) is 38.3 Å². The Balaban J connectivity index is 1.77. The van der Waals surface area contributed by atoms with Gasteiger partial charge in [-0.05, 0) is 30.0 Å². The highest BCUT2D eigenvalue weighted by molar-refractivity contribution is 5.65. The van der Waals surface area contributed by atoms with Gasteiger partial charge in [0.1, 0.15) is 6.33 Å². The van der Waals surface area contributed by atoms with E-state index in [1.165, 1.54) is 36.8 Å². The van der Waals surface area contributed by atoms with Gasteiger partial charge in [0.25, 0.3) is 0 Å². The summed E-state index contributed by atoms with van der Waals surface area (Å²) < 4.78 is 0. The predicted molar refractivity (Wildman–Crippen MR) is 75.4 cm³/mol. The van der Waals surface area contributed by atoms with E-state index in [4.69, 9.17) is 0 Å². The van der Waals surface area contributed by atoms with Gasteiger partial charge in [0, 0.05) is 30.5 Å². The lowest BCUT2D eigenvalue weighted by atomic mass is 10.0. The largest absolute Gasteiger partial charge is 0.310 e. The van der Waals surface area contributed by atoms with Crippen LogP contribution in [0.25, 0.3) is 11.1 Å². The van der Waals surface area contributed by atoms with Crippen LogP contribution in [0.4, 0.5) is 0 Å². The molecule has 2 aromatic rings. The normalized spacial score (nSPS) is 15.8. The fourth-order valence-electron chi connectivity index (χ4n) is 2.70. The van der Waals surface area contributed by atoms with Crippen molar-refractivity contribution < 1.29 is 0 Å². The predicted octanol–water partition coefficient (Wildman–Crippen LogP) is 2.98. The summed E-state index contributed by atoms with van der Waals surface area (Å²) in [7, 11) is 0. The first-order valence-corrected chi connectivity index (χ1v) is 6.92. The van der Waals surface area contributed by atoms with Crippen LogP contribution in [0, 0.1) is 6.07 Å². The van der Waals surface area contributed by atoms with E-state index < -0.39 is 0 Å². The van der Waals surface area contributed by atoms with Crippen molar-refractivity contribution in [2.75, 3.05) is 0 Å². The summed E-state index contributed by atoms with van der Waals surface area (Å²) in [6.45, 7) is 0.871. The van der Waals surface area contributed by atoms with Crippen molar-refractivity contribution >= 4 is 0 Å². The van der Waals surface area contributed by atoms with E-state index in [0.717, 1.165) is 12.1 Å². The smallest absolute Gasteiger partial charge is 0.115 e. The lowest BCUT2D eigenvalue weighted by Gasteiger charge is -2.14. The van der Waals surface area contributed by atoms with E-state index in [-0.39, 0.29) is 0 Å². The highest BCUT2D eigenvalue weighted by Crippen LogP contribution is 2.23. The molecule has 1 aliphatic rings. The maximum Gasteiger partial charge on any atom is 0.115 e. The van der Waals surface area contributed by atoms with Crippen LogP contribution >= 0.6 is 0 Å². The molecule has 1 N–H and O–H groups in total. The second-order valence-electron chi connectivity index (χ2n) is 5.05. The fraction of sp³-hybridized carbons (Fsp3) is 0.375. The second-order valence-corrected chi connectivity index (χ2v) is 5.05. The number of hydrogen-bond acceptors (Lipinski definition) is 3. The summed E-state index contributed by atoms with van der Waals surface area (Å²) in [6.07, 6.45) is 10.6. The Hall–Kier alpha value is -1.74. The number of nitrogens with one attached hydrogen (secondary N) is 1. The summed E-state index contributed by atoms with van der Waals surface area (Å²) in [6, 6.07) is 10.1. The summed E-state index contributed by atoms with van der Waals surface area (Å²) in [5.41, 5.74) is 3.43. The minimum Gasteiger partial charge on any atom is -0.310 e. The van der Waals surface area contributed by atoms with E-state index in [2.05, 4.69) is 27.4 Å². The second kappa shape index (κ2) is 5.93. The van der Waals surface area contributed by atoms with Gasteiger partial charge in [0.05, 0.1) is 0 Å². The van der Waals surface area contributed by atoms with Gasteiger partial charge >= 0.3 is 0 Å². The van der Waals surface area contributed by atoms with Gasteiger partial charge in [-0.25, -0.2) is 9.97 Å². The first kappa shape index (κ1) is 12.3. The number of nitrogens with zero attached hydrogens (tertiary/aromatic N) is 2. The molecule has 1 radical (unpaired) electrons. The third-order valence-corrected chi connectivity index (χ3v) is 3.74. The number of hydrogen-bond donors (Lipinski definition) is 1. The van der Waals surface area contributed by atoms with Gasteiger partial charge in [-0.1, -0.05) is 31.0 Å². The molecule has 0 spiro atoms. The molecule has 0 bridgehead atoms. The first-order chi connectivity index (χ1) is 9.43. The van der Waals surface area contributed by atoms with E-state index in [9.17, 15) is 0 Å². The van der Waals surface area contributed by atoms with Crippen molar-refractivity contribution in [3.63, 3.8) is 0 Å². The molecular weight excluding hydrogens is 234 g/mol. The monoisotopic (exact) mass is 252 g/mol. The Bertz CT molecular complexity index is 519. The first-order valence-electron chi connectivity index (χ1n) is 6.92.